The molecule has 4 heteroatoms. The number of benzene rings is 1. The van der Waals surface area contributed by atoms with Crippen LogP contribution in [0, 0.1) is 0 Å². The van der Waals surface area contributed by atoms with Crippen LogP contribution in [-0.4, -0.2) is 23.6 Å². The van der Waals surface area contributed by atoms with Crippen LogP contribution in [0.5, 0.6) is 0 Å². The van der Waals surface area contributed by atoms with Crippen molar-refractivity contribution in [1.82, 2.24) is 4.57 Å². The zero-order valence-corrected chi connectivity index (χ0v) is 12.1. The first-order chi connectivity index (χ1) is 9.78. The van der Waals surface area contributed by atoms with Crippen LogP contribution in [0.15, 0.2) is 24.4 Å². The van der Waals surface area contributed by atoms with Crippen LogP contribution in [0.25, 0.3) is 10.9 Å². The molecule has 106 valence electrons. The van der Waals surface area contributed by atoms with E-state index in [0.29, 0.717) is 11.1 Å². The molecule has 0 bridgehead atoms. The third-order valence-electron chi connectivity index (χ3n) is 3.95. The molecule has 3 rings (SSSR count). The minimum absolute atomic E-state index is 0.422. The molecule has 2 heterocycles. The number of rotatable bonds is 5. The van der Waals surface area contributed by atoms with Gasteiger partial charge in [0.2, 0.25) is 0 Å². The molecular formula is C16H18ClNO2. The van der Waals surface area contributed by atoms with E-state index in [1.807, 2.05) is 24.4 Å². The number of aromatic nitrogens is 1. The van der Waals surface area contributed by atoms with Crippen molar-refractivity contribution in [3.05, 3.63) is 35.0 Å². The van der Waals surface area contributed by atoms with E-state index >= 15 is 0 Å². The van der Waals surface area contributed by atoms with Crippen LogP contribution < -0.4 is 0 Å². The molecular weight excluding hydrogens is 274 g/mol. The van der Waals surface area contributed by atoms with Crippen molar-refractivity contribution < 1.29 is 9.53 Å². The number of nitrogens with zero attached hydrogens (tertiary/aromatic N) is 1. The summed E-state index contributed by atoms with van der Waals surface area (Å²) in [5, 5.41) is 1.68. The summed E-state index contributed by atoms with van der Waals surface area (Å²) in [7, 11) is 0. The van der Waals surface area contributed by atoms with Crippen LogP contribution in [0.3, 0.4) is 0 Å². The van der Waals surface area contributed by atoms with Crippen molar-refractivity contribution in [2.24, 2.45) is 0 Å². The highest BCUT2D eigenvalue weighted by molar-refractivity contribution is 6.31. The van der Waals surface area contributed by atoms with Gasteiger partial charge in [-0.3, -0.25) is 4.79 Å². The van der Waals surface area contributed by atoms with Crippen molar-refractivity contribution in [3.63, 3.8) is 0 Å². The summed E-state index contributed by atoms with van der Waals surface area (Å²) < 4.78 is 7.76. The van der Waals surface area contributed by atoms with E-state index in [4.69, 9.17) is 16.3 Å². The van der Waals surface area contributed by atoms with Gasteiger partial charge in [-0.2, -0.15) is 0 Å². The van der Waals surface area contributed by atoms with Crippen molar-refractivity contribution in [1.29, 1.82) is 0 Å². The van der Waals surface area contributed by atoms with Crippen LogP contribution in [-0.2, 0) is 11.3 Å². The van der Waals surface area contributed by atoms with Gasteiger partial charge in [-0.05, 0) is 37.8 Å². The molecule has 0 spiro atoms. The summed E-state index contributed by atoms with van der Waals surface area (Å²) in [6, 6.07) is 5.67. The molecule has 1 atom stereocenters. The van der Waals surface area contributed by atoms with Crippen molar-refractivity contribution >= 4 is 28.8 Å². The second-order valence-electron chi connectivity index (χ2n) is 5.33. The maximum absolute atomic E-state index is 11.1. The van der Waals surface area contributed by atoms with Crippen LogP contribution >= 0.6 is 11.6 Å². The number of aldehydes is 1. The first kappa shape index (κ1) is 13.7. The summed E-state index contributed by atoms with van der Waals surface area (Å²) in [5.74, 6) is 0. The van der Waals surface area contributed by atoms with Gasteiger partial charge in [0.25, 0.3) is 0 Å². The Morgan fingerprint density at radius 2 is 2.35 bits per heavy atom. The third-order valence-corrected chi connectivity index (χ3v) is 4.19. The maximum atomic E-state index is 11.1. The highest BCUT2D eigenvalue weighted by Gasteiger charge is 2.15. The van der Waals surface area contributed by atoms with Crippen LogP contribution in [0.2, 0.25) is 5.02 Å². The normalized spacial score (nSPS) is 18.8. The monoisotopic (exact) mass is 291 g/mol. The van der Waals surface area contributed by atoms with Crippen molar-refractivity contribution in [2.75, 3.05) is 6.61 Å². The number of fused-ring (bicyclic) bond motifs is 1. The maximum Gasteiger partial charge on any atom is 0.152 e. The van der Waals surface area contributed by atoms with E-state index in [0.717, 1.165) is 48.7 Å². The summed E-state index contributed by atoms with van der Waals surface area (Å²) in [6.07, 6.45) is 7.75. The van der Waals surface area contributed by atoms with Crippen LogP contribution in [0.1, 0.15) is 36.0 Å². The summed E-state index contributed by atoms with van der Waals surface area (Å²) in [4.78, 5) is 11.1. The Kier molecular flexibility index (Phi) is 4.08. The van der Waals surface area contributed by atoms with Gasteiger partial charge in [0.05, 0.1) is 11.6 Å². The predicted octanol–water partition coefficient (Wildman–Crippen LogP) is 4.07. The lowest BCUT2D eigenvalue weighted by Gasteiger charge is -2.10. The van der Waals surface area contributed by atoms with E-state index in [-0.39, 0.29) is 0 Å². The molecule has 0 radical (unpaired) electrons. The second kappa shape index (κ2) is 5.98. The molecule has 1 aliphatic heterocycles. The Labute approximate surface area is 123 Å². The molecule has 0 N–H and O–H groups in total. The molecule has 1 aromatic carbocycles. The molecule has 20 heavy (non-hydrogen) atoms. The SMILES string of the molecule is O=Cc1cn(CCCC2CCCO2)c2cc(Cl)ccc12. The first-order valence-electron chi connectivity index (χ1n) is 7.13. The zero-order chi connectivity index (χ0) is 13.9. The lowest BCUT2D eigenvalue weighted by molar-refractivity contribution is 0.101. The standard InChI is InChI=1S/C16H18ClNO2/c17-13-5-6-15-12(11-19)10-18(16(15)9-13)7-1-3-14-4-2-8-20-14/h5-6,9-11,14H,1-4,7-8H2. The number of carbonyl (C=O) groups excluding carboxylic acids is 1. The Morgan fingerprint density at radius 3 is 3.10 bits per heavy atom. The molecule has 3 nitrogen and oxygen atoms in total. The van der Waals surface area contributed by atoms with Gasteiger partial charge in [0, 0.05) is 35.3 Å². The Bertz CT molecular complexity index is 614. The van der Waals surface area contributed by atoms with Gasteiger partial charge in [0.1, 0.15) is 0 Å². The Morgan fingerprint density at radius 1 is 1.45 bits per heavy atom. The minimum Gasteiger partial charge on any atom is -0.378 e. The summed E-state index contributed by atoms with van der Waals surface area (Å²) in [6.45, 7) is 1.80. The topological polar surface area (TPSA) is 31.2 Å². The second-order valence-corrected chi connectivity index (χ2v) is 5.77. The minimum atomic E-state index is 0.422. The smallest absolute Gasteiger partial charge is 0.152 e. The highest BCUT2D eigenvalue weighted by atomic mass is 35.5. The number of carbonyl (C=O) groups is 1. The van der Waals surface area contributed by atoms with Crippen LogP contribution in [0.4, 0.5) is 0 Å². The third kappa shape index (κ3) is 2.74. The lowest BCUT2D eigenvalue weighted by Crippen LogP contribution is -2.06. The molecule has 1 unspecified atom stereocenters. The lowest BCUT2D eigenvalue weighted by atomic mass is 10.1. The average Bonchev–Trinajstić information content (AvgIpc) is 3.07. The van der Waals surface area contributed by atoms with Crippen molar-refractivity contribution in [2.45, 2.75) is 38.3 Å². The van der Waals surface area contributed by atoms with E-state index in [1.165, 1.54) is 12.8 Å². The molecule has 1 fully saturated rings. The first-order valence-corrected chi connectivity index (χ1v) is 7.51. The zero-order valence-electron chi connectivity index (χ0n) is 11.3. The fraction of sp³-hybridized carbons (Fsp3) is 0.438. The highest BCUT2D eigenvalue weighted by Crippen LogP contribution is 2.25. The molecule has 1 aromatic heterocycles. The summed E-state index contributed by atoms with van der Waals surface area (Å²) in [5.41, 5.74) is 1.76. The number of aryl methyl sites for hydroxylation is 1. The number of hydrogen-bond donors (Lipinski definition) is 0. The molecule has 0 saturated carbocycles. The molecule has 1 saturated heterocycles. The molecule has 2 aromatic rings. The van der Waals surface area contributed by atoms with E-state index < -0.39 is 0 Å². The largest absolute Gasteiger partial charge is 0.378 e. The number of hydrogen-bond acceptors (Lipinski definition) is 2. The number of ether oxygens (including phenoxy) is 1. The van der Waals surface area contributed by atoms with E-state index in [1.54, 1.807) is 0 Å². The van der Waals surface area contributed by atoms with Gasteiger partial charge in [-0.15, -0.1) is 0 Å². The summed E-state index contributed by atoms with van der Waals surface area (Å²) >= 11 is 6.06. The average molecular weight is 292 g/mol. The van der Waals surface area contributed by atoms with Gasteiger partial charge in [-0.1, -0.05) is 17.7 Å². The Balaban J connectivity index is 1.76. The van der Waals surface area contributed by atoms with Gasteiger partial charge in [-0.25, -0.2) is 0 Å². The fourth-order valence-electron chi connectivity index (χ4n) is 2.93. The van der Waals surface area contributed by atoms with Gasteiger partial charge in [0.15, 0.2) is 6.29 Å². The fourth-order valence-corrected chi connectivity index (χ4v) is 3.10. The van der Waals surface area contributed by atoms with E-state index in [9.17, 15) is 4.79 Å². The van der Waals surface area contributed by atoms with Gasteiger partial charge >= 0.3 is 0 Å². The molecule has 0 amide bonds. The molecule has 0 aliphatic carbocycles. The van der Waals surface area contributed by atoms with Gasteiger partial charge < -0.3 is 9.30 Å². The molecule has 1 aliphatic rings. The van der Waals surface area contributed by atoms with E-state index in [2.05, 4.69) is 4.57 Å². The Hall–Kier alpha value is -1.32. The van der Waals surface area contributed by atoms with Crippen molar-refractivity contribution in [3.8, 4) is 0 Å². The quantitative estimate of drug-likeness (QED) is 0.778. The number of halogens is 1. The predicted molar refractivity (Wildman–Crippen MR) is 80.5 cm³/mol.